The molecule has 0 aliphatic heterocycles. The Bertz CT molecular complexity index is 854. The smallest absolute Gasteiger partial charge is 0.221 e. The van der Waals surface area contributed by atoms with E-state index in [1.807, 2.05) is 31.2 Å². The van der Waals surface area contributed by atoms with Crippen molar-refractivity contribution in [2.24, 2.45) is 5.10 Å². The molecular formula is C15H13BrN4O. The number of fused-ring (bicyclic) bond motifs is 1. The van der Waals surface area contributed by atoms with Gasteiger partial charge in [0.1, 0.15) is 5.75 Å². The van der Waals surface area contributed by atoms with Gasteiger partial charge in [0.05, 0.1) is 18.1 Å². The Labute approximate surface area is 129 Å². The Balaban J connectivity index is 2.11. The monoisotopic (exact) mass is 344 g/mol. The van der Waals surface area contributed by atoms with E-state index < -0.39 is 0 Å². The maximum absolute atomic E-state index is 10.1. The van der Waals surface area contributed by atoms with E-state index >= 15 is 0 Å². The van der Waals surface area contributed by atoms with Gasteiger partial charge in [0.15, 0.2) is 0 Å². The van der Waals surface area contributed by atoms with Crippen LogP contribution in [0, 0.1) is 6.92 Å². The molecule has 0 fully saturated rings. The fourth-order valence-electron chi connectivity index (χ4n) is 2.17. The average molecular weight is 345 g/mol. The lowest BCUT2D eigenvalue weighted by atomic mass is 10.0. The highest BCUT2D eigenvalue weighted by Crippen LogP contribution is 2.28. The van der Waals surface area contributed by atoms with Crippen LogP contribution in [0.3, 0.4) is 0 Å². The van der Waals surface area contributed by atoms with Gasteiger partial charge in [0.25, 0.3) is 0 Å². The summed E-state index contributed by atoms with van der Waals surface area (Å²) in [6.07, 6.45) is 3.31. The number of nitrogens with zero attached hydrogens (tertiary/aromatic N) is 3. The summed E-state index contributed by atoms with van der Waals surface area (Å²) in [6, 6.07) is 9.36. The van der Waals surface area contributed by atoms with Gasteiger partial charge in [-0.3, -0.25) is 0 Å². The molecule has 5 nitrogen and oxygen atoms in total. The van der Waals surface area contributed by atoms with Gasteiger partial charge in [-0.05, 0) is 35.9 Å². The van der Waals surface area contributed by atoms with Crippen LogP contribution in [0.2, 0.25) is 0 Å². The molecule has 0 bridgehead atoms. The van der Waals surface area contributed by atoms with E-state index in [0.717, 1.165) is 20.9 Å². The van der Waals surface area contributed by atoms with Gasteiger partial charge in [-0.15, -0.1) is 0 Å². The van der Waals surface area contributed by atoms with E-state index in [2.05, 4.69) is 26.0 Å². The molecule has 0 spiro atoms. The van der Waals surface area contributed by atoms with Crippen molar-refractivity contribution in [1.82, 2.24) is 9.66 Å². The van der Waals surface area contributed by atoms with Gasteiger partial charge in [0.2, 0.25) is 5.95 Å². The van der Waals surface area contributed by atoms with Crippen LogP contribution >= 0.6 is 15.9 Å². The maximum Gasteiger partial charge on any atom is 0.221 e. The third kappa shape index (κ3) is 2.62. The lowest BCUT2D eigenvalue weighted by Crippen LogP contribution is -1.97. The second-order valence-electron chi connectivity index (χ2n) is 4.69. The van der Waals surface area contributed by atoms with Gasteiger partial charge in [-0.25, -0.2) is 9.66 Å². The molecule has 0 saturated carbocycles. The molecule has 2 aromatic carbocycles. The number of halogens is 1. The molecule has 0 unspecified atom stereocenters. The van der Waals surface area contributed by atoms with E-state index in [-0.39, 0.29) is 5.75 Å². The summed E-state index contributed by atoms with van der Waals surface area (Å²) in [4.78, 5) is 4.08. The Kier molecular flexibility index (Phi) is 3.39. The van der Waals surface area contributed by atoms with E-state index in [4.69, 9.17) is 5.73 Å². The molecule has 0 amide bonds. The quantitative estimate of drug-likeness (QED) is 0.700. The number of hydrogen-bond acceptors (Lipinski definition) is 4. The normalized spacial score (nSPS) is 11.5. The van der Waals surface area contributed by atoms with Gasteiger partial charge in [-0.1, -0.05) is 28.1 Å². The van der Waals surface area contributed by atoms with Crippen LogP contribution in [0.4, 0.5) is 5.95 Å². The maximum atomic E-state index is 10.1. The predicted molar refractivity (Wildman–Crippen MR) is 87.7 cm³/mol. The van der Waals surface area contributed by atoms with Gasteiger partial charge >= 0.3 is 0 Å². The Hall–Kier alpha value is -2.34. The highest BCUT2D eigenvalue weighted by Gasteiger charge is 2.06. The molecule has 0 saturated heterocycles. The first kappa shape index (κ1) is 13.6. The number of nitrogens with two attached hydrogens (primary N) is 1. The number of phenolic OH excluding ortho intramolecular Hbond substituents is 1. The first-order chi connectivity index (χ1) is 10.0. The van der Waals surface area contributed by atoms with E-state index in [1.54, 1.807) is 18.5 Å². The van der Waals surface area contributed by atoms with Crippen molar-refractivity contribution in [2.45, 2.75) is 6.92 Å². The van der Waals surface area contributed by atoms with Gasteiger partial charge < -0.3 is 10.8 Å². The van der Waals surface area contributed by atoms with Gasteiger partial charge in [-0.2, -0.15) is 5.10 Å². The SMILES string of the molecule is Cc1cn(N=Cc2c(O)ccc3cc(Br)ccc23)c(N)n1. The number of hydrogen-bond donors (Lipinski definition) is 2. The van der Waals surface area contributed by atoms with Crippen molar-refractivity contribution in [3.8, 4) is 5.75 Å². The first-order valence-electron chi connectivity index (χ1n) is 6.31. The number of nitrogen functional groups attached to an aromatic ring is 1. The number of aromatic hydroxyl groups is 1. The zero-order chi connectivity index (χ0) is 15.0. The molecule has 0 aliphatic carbocycles. The van der Waals surface area contributed by atoms with E-state index in [0.29, 0.717) is 11.5 Å². The minimum atomic E-state index is 0.170. The highest BCUT2D eigenvalue weighted by atomic mass is 79.9. The summed E-state index contributed by atoms with van der Waals surface area (Å²) in [5.41, 5.74) is 7.18. The van der Waals surface area contributed by atoms with Crippen molar-refractivity contribution >= 4 is 38.9 Å². The number of imidazole rings is 1. The lowest BCUT2D eigenvalue weighted by molar-refractivity contribution is 0.475. The molecule has 21 heavy (non-hydrogen) atoms. The summed E-state index contributed by atoms with van der Waals surface area (Å²) in [5.74, 6) is 0.482. The molecule has 3 rings (SSSR count). The fraction of sp³-hybridized carbons (Fsp3) is 0.0667. The van der Waals surface area contributed by atoms with E-state index in [9.17, 15) is 5.11 Å². The number of benzene rings is 2. The van der Waals surface area contributed by atoms with E-state index in [1.165, 1.54) is 4.68 Å². The number of phenols is 1. The van der Waals surface area contributed by atoms with Crippen LogP contribution in [-0.4, -0.2) is 21.0 Å². The molecule has 6 heteroatoms. The summed E-state index contributed by atoms with van der Waals surface area (Å²) in [6.45, 7) is 1.84. The molecule has 3 aromatic rings. The van der Waals surface area contributed by atoms with Crippen LogP contribution in [0.1, 0.15) is 11.3 Å². The molecule has 1 aromatic heterocycles. The second kappa shape index (κ2) is 5.21. The number of aromatic nitrogens is 2. The summed E-state index contributed by atoms with van der Waals surface area (Å²) >= 11 is 3.44. The Morgan fingerprint density at radius 3 is 2.86 bits per heavy atom. The Morgan fingerprint density at radius 1 is 1.33 bits per heavy atom. The van der Waals surface area contributed by atoms with Crippen LogP contribution in [-0.2, 0) is 0 Å². The second-order valence-corrected chi connectivity index (χ2v) is 5.61. The minimum absolute atomic E-state index is 0.170. The molecule has 3 N–H and O–H groups in total. The van der Waals surface area contributed by atoms with Crippen LogP contribution in [0.15, 0.2) is 46.1 Å². The summed E-state index contributed by atoms with van der Waals surface area (Å²) in [5, 5.41) is 16.3. The van der Waals surface area contributed by atoms with Crippen LogP contribution < -0.4 is 5.73 Å². The standard InChI is InChI=1S/C15H13BrN4O/c1-9-8-20(15(17)19-9)18-7-13-12-4-3-11(16)6-10(12)2-5-14(13)21/h2-8,21H,1H3,(H2,17,19). The first-order valence-corrected chi connectivity index (χ1v) is 7.11. The van der Waals surface area contributed by atoms with Crippen molar-refractivity contribution < 1.29 is 5.11 Å². The zero-order valence-electron chi connectivity index (χ0n) is 11.3. The van der Waals surface area contributed by atoms with Crippen molar-refractivity contribution in [3.63, 3.8) is 0 Å². The molecule has 1 heterocycles. The molecule has 0 atom stereocenters. The lowest BCUT2D eigenvalue weighted by Gasteiger charge is -2.05. The topological polar surface area (TPSA) is 76.4 Å². The Morgan fingerprint density at radius 2 is 2.14 bits per heavy atom. The van der Waals surface area contributed by atoms with Crippen molar-refractivity contribution in [1.29, 1.82) is 0 Å². The average Bonchev–Trinajstić information content (AvgIpc) is 2.76. The molecule has 106 valence electrons. The van der Waals surface area contributed by atoms with Crippen LogP contribution in [0.5, 0.6) is 5.75 Å². The van der Waals surface area contributed by atoms with Crippen LogP contribution in [0.25, 0.3) is 10.8 Å². The predicted octanol–water partition coefficient (Wildman–Crippen LogP) is 3.28. The molecule has 0 radical (unpaired) electrons. The third-order valence-electron chi connectivity index (χ3n) is 3.15. The fourth-order valence-corrected chi connectivity index (χ4v) is 2.54. The van der Waals surface area contributed by atoms with Crippen molar-refractivity contribution in [2.75, 3.05) is 5.73 Å². The van der Waals surface area contributed by atoms with Gasteiger partial charge in [0, 0.05) is 10.0 Å². The summed E-state index contributed by atoms with van der Waals surface area (Å²) < 4.78 is 2.46. The summed E-state index contributed by atoms with van der Waals surface area (Å²) in [7, 11) is 0. The highest BCUT2D eigenvalue weighted by molar-refractivity contribution is 9.10. The largest absolute Gasteiger partial charge is 0.507 e. The third-order valence-corrected chi connectivity index (χ3v) is 3.64. The zero-order valence-corrected chi connectivity index (χ0v) is 12.9. The number of aryl methyl sites for hydroxylation is 1. The molecular weight excluding hydrogens is 332 g/mol. The minimum Gasteiger partial charge on any atom is -0.507 e. The van der Waals surface area contributed by atoms with Crippen molar-refractivity contribution in [3.05, 3.63) is 52.3 Å². The molecule has 0 aliphatic rings. The number of anilines is 1. The number of rotatable bonds is 2.